The summed E-state index contributed by atoms with van der Waals surface area (Å²) in [5, 5.41) is 3.97. The van der Waals surface area contributed by atoms with Crippen molar-refractivity contribution in [3.63, 3.8) is 0 Å². The van der Waals surface area contributed by atoms with E-state index in [1.54, 1.807) is 22.3 Å². The third-order valence-electron chi connectivity index (χ3n) is 9.31. The van der Waals surface area contributed by atoms with Crippen molar-refractivity contribution >= 4 is 44.9 Å². The monoisotopic (exact) mass is 576 g/mol. The van der Waals surface area contributed by atoms with Gasteiger partial charge >= 0.3 is 11.8 Å². The maximum absolute atomic E-state index is 13.6. The highest BCUT2D eigenvalue weighted by atomic mass is 32.1. The first-order valence-electron chi connectivity index (χ1n) is 14.7. The van der Waals surface area contributed by atoms with Crippen molar-refractivity contribution in [3.05, 3.63) is 46.6 Å². The molecular formula is C31H40N6O3S. The Bertz CT molecular complexity index is 1470. The van der Waals surface area contributed by atoms with Gasteiger partial charge in [0.05, 0.1) is 46.4 Å². The van der Waals surface area contributed by atoms with Crippen molar-refractivity contribution in [1.82, 2.24) is 19.8 Å². The zero-order valence-electron chi connectivity index (χ0n) is 24.4. The first-order valence-corrected chi connectivity index (χ1v) is 15.5. The number of benzene rings is 1. The van der Waals surface area contributed by atoms with Crippen LogP contribution in [0, 0.1) is 5.92 Å². The number of amides is 2. The molecule has 3 atom stereocenters. The molecule has 0 spiro atoms. The lowest BCUT2D eigenvalue weighted by Crippen LogP contribution is -2.46. The number of ether oxygens (including phenoxy) is 1. The third kappa shape index (κ3) is 5.57. The number of aromatic nitrogens is 2. The number of pyridine rings is 1. The van der Waals surface area contributed by atoms with Crippen LogP contribution in [0.5, 0.6) is 0 Å². The maximum atomic E-state index is 13.6. The van der Waals surface area contributed by atoms with E-state index in [9.17, 15) is 9.59 Å². The molecule has 0 radical (unpaired) electrons. The first-order chi connectivity index (χ1) is 19.6. The smallest absolute Gasteiger partial charge is 0.313 e. The summed E-state index contributed by atoms with van der Waals surface area (Å²) in [6, 6.07) is 8.01. The Morgan fingerprint density at radius 1 is 1.15 bits per heavy atom. The predicted octanol–water partition coefficient (Wildman–Crippen LogP) is 4.91. The summed E-state index contributed by atoms with van der Waals surface area (Å²) in [4.78, 5) is 40.3. The van der Waals surface area contributed by atoms with Crippen molar-refractivity contribution in [2.24, 2.45) is 5.92 Å². The first kappa shape index (κ1) is 28.1. The van der Waals surface area contributed by atoms with Gasteiger partial charge in [0, 0.05) is 29.5 Å². The second-order valence-electron chi connectivity index (χ2n) is 12.7. The van der Waals surface area contributed by atoms with Crippen molar-refractivity contribution in [2.45, 2.75) is 69.9 Å². The number of nitrogens with zero attached hydrogens (tertiary/aromatic N) is 4. The Morgan fingerprint density at radius 2 is 1.95 bits per heavy atom. The maximum Gasteiger partial charge on any atom is 0.313 e. The summed E-state index contributed by atoms with van der Waals surface area (Å²) in [5.41, 5.74) is 9.52. The molecule has 5 heterocycles. The lowest BCUT2D eigenvalue weighted by atomic mass is 9.83. The molecule has 9 nitrogen and oxygen atoms in total. The number of likely N-dealkylation sites (tertiary alicyclic amines) is 2. The second-order valence-corrected chi connectivity index (χ2v) is 13.8. The van der Waals surface area contributed by atoms with Gasteiger partial charge in [0.2, 0.25) is 0 Å². The van der Waals surface area contributed by atoms with Crippen LogP contribution in [0.25, 0.3) is 10.2 Å². The topological polar surface area (TPSA) is 114 Å². The summed E-state index contributed by atoms with van der Waals surface area (Å²) in [5.74, 6) is 0.170. The van der Waals surface area contributed by atoms with Crippen molar-refractivity contribution < 1.29 is 14.3 Å². The minimum atomic E-state index is -0.659. The van der Waals surface area contributed by atoms with Crippen LogP contribution in [0.15, 0.2) is 30.5 Å². The van der Waals surface area contributed by atoms with Gasteiger partial charge < -0.3 is 25.6 Å². The normalized spacial score (nSPS) is 25.2. The summed E-state index contributed by atoms with van der Waals surface area (Å²) in [6.45, 7) is 9.51. The fraction of sp³-hybridized carbons (Fsp3) is 0.548. The zero-order chi connectivity index (χ0) is 28.9. The average molecular weight is 577 g/mol. The Labute approximate surface area is 245 Å². The van der Waals surface area contributed by atoms with Crippen molar-refractivity contribution in [3.8, 4) is 0 Å². The Hall–Kier alpha value is -3.08. The summed E-state index contributed by atoms with van der Waals surface area (Å²) < 4.78 is 6.45. The van der Waals surface area contributed by atoms with Gasteiger partial charge in [-0.15, -0.1) is 11.3 Å². The van der Waals surface area contributed by atoms with Crippen LogP contribution < -0.4 is 11.1 Å². The number of fused-ring (bicyclic) bond motifs is 1. The molecule has 3 N–H and O–H groups in total. The van der Waals surface area contributed by atoms with Crippen molar-refractivity contribution in [1.29, 1.82) is 0 Å². The van der Waals surface area contributed by atoms with Gasteiger partial charge in [0.15, 0.2) is 0 Å². The number of nitrogens with one attached hydrogen (secondary N) is 1. The van der Waals surface area contributed by atoms with E-state index >= 15 is 0 Å². The standard InChI is InChI=1S/C31H40N6O3S/c1-18-5-7-25(19-6-8-26-24(11-19)35-29(41-26)20-9-10-36(4)31(2,3)13-20)37(15-18)30(39)28(38)34-22-12-23(21-16-40-17-21)27(32)33-14-22/h6,8,11-12,14,18,20-21,25H,5,7,9-10,13,15-17H2,1-4H3,(H2,32,33)(H,34,38)/t18-,20?,25+/m0/s1. The highest BCUT2D eigenvalue weighted by Gasteiger charge is 2.36. The molecule has 0 bridgehead atoms. The van der Waals surface area contributed by atoms with Crippen LogP contribution in [0.2, 0.25) is 0 Å². The molecule has 3 saturated heterocycles. The summed E-state index contributed by atoms with van der Waals surface area (Å²) >= 11 is 1.79. The number of anilines is 2. The molecule has 1 aromatic carbocycles. The van der Waals surface area contributed by atoms with E-state index in [-0.39, 0.29) is 17.5 Å². The lowest BCUT2D eigenvalue weighted by Gasteiger charge is -2.43. The lowest BCUT2D eigenvalue weighted by molar-refractivity contribution is -0.146. The largest absolute Gasteiger partial charge is 0.383 e. The third-order valence-corrected chi connectivity index (χ3v) is 10.5. The molecule has 2 aromatic heterocycles. The number of carbonyl (C=O) groups excluding carboxylic acids is 2. The summed E-state index contributed by atoms with van der Waals surface area (Å²) in [6.07, 6.45) is 5.51. The second kappa shape index (κ2) is 11.0. The number of hydrogen-bond acceptors (Lipinski definition) is 8. The molecule has 3 fully saturated rings. The Balaban J connectivity index is 1.21. The highest BCUT2D eigenvalue weighted by molar-refractivity contribution is 7.18. The Morgan fingerprint density at radius 3 is 2.68 bits per heavy atom. The Kier molecular flexibility index (Phi) is 7.50. The van der Waals surface area contributed by atoms with E-state index in [1.807, 2.05) is 0 Å². The number of nitrogen functional groups attached to an aromatic ring is 1. The van der Waals surface area contributed by atoms with Gasteiger partial charge in [-0.2, -0.15) is 0 Å². The molecule has 3 aliphatic heterocycles. The summed E-state index contributed by atoms with van der Waals surface area (Å²) in [7, 11) is 2.20. The molecule has 3 aromatic rings. The molecule has 41 heavy (non-hydrogen) atoms. The van der Waals surface area contributed by atoms with Crippen LogP contribution in [0.1, 0.15) is 80.5 Å². The molecule has 2 amide bonds. The SMILES string of the molecule is C[C@H]1CC[C@H](c2ccc3sc(C4CCN(C)C(C)(C)C4)nc3c2)N(C(=O)C(=O)Nc2cnc(N)c(C3COC3)c2)C1. The number of rotatable bonds is 4. The number of carbonyl (C=O) groups is 2. The molecule has 3 aliphatic rings. The van der Waals surface area contributed by atoms with E-state index in [2.05, 4.69) is 61.2 Å². The van der Waals surface area contributed by atoms with Crippen LogP contribution in [0.3, 0.4) is 0 Å². The molecule has 6 rings (SSSR count). The van der Waals surface area contributed by atoms with Crippen LogP contribution in [-0.4, -0.2) is 70.5 Å². The molecule has 0 aliphatic carbocycles. The highest BCUT2D eigenvalue weighted by Crippen LogP contribution is 2.41. The van der Waals surface area contributed by atoms with Gasteiger partial charge in [-0.05, 0) is 82.8 Å². The molecule has 10 heteroatoms. The number of hydrogen-bond donors (Lipinski definition) is 2. The predicted molar refractivity (Wildman–Crippen MR) is 162 cm³/mol. The number of piperidine rings is 2. The molecular weight excluding hydrogens is 536 g/mol. The van der Waals surface area contributed by atoms with Gasteiger partial charge in [0.1, 0.15) is 5.82 Å². The minimum Gasteiger partial charge on any atom is -0.383 e. The van der Waals surface area contributed by atoms with E-state index in [0.29, 0.717) is 43.1 Å². The fourth-order valence-electron chi connectivity index (χ4n) is 6.41. The fourth-order valence-corrected chi connectivity index (χ4v) is 7.49. The quantitative estimate of drug-likeness (QED) is 0.424. The van der Waals surface area contributed by atoms with E-state index < -0.39 is 11.8 Å². The van der Waals surface area contributed by atoms with Gasteiger partial charge in [-0.3, -0.25) is 9.59 Å². The minimum absolute atomic E-state index is 0.155. The van der Waals surface area contributed by atoms with Crippen LogP contribution >= 0.6 is 11.3 Å². The van der Waals surface area contributed by atoms with Gasteiger partial charge in [-0.1, -0.05) is 13.0 Å². The molecule has 0 saturated carbocycles. The zero-order valence-corrected chi connectivity index (χ0v) is 25.2. The van der Waals surface area contributed by atoms with Gasteiger partial charge in [0.25, 0.3) is 0 Å². The van der Waals surface area contributed by atoms with Crippen LogP contribution in [0.4, 0.5) is 11.5 Å². The van der Waals surface area contributed by atoms with E-state index in [0.717, 1.165) is 48.9 Å². The molecule has 218 valence electrons. The number of thiazole rings is 1. The van der Waals surface area contributed by atoms with Crippen LogP contribution in [-0.2, 0) is 14.3 Å². The van der Waals surface area contributed by atoms with E-state index in [4.69, 9.17) is 15.5 Å². The van der Waals surface area contributed by atoms with Gasteiger partial charge in [-0.25, -0.2) is 9.97 Å². The average Bonchev–Trinajstić information content (AvgIpc) is 3.34. The van der Waals surface area contributed by atoms with E-state index in [1.165, 1.54) is 15.9 Å². The molecule has 1 unspecified atom stereocenters. The number of nitrogens with two attached hydrogens (primary N) is 1. The van der Waals surface area contributed by atoms with Crippen molar-refractivity contribution in [2.75, 3.05) is 44.4 Å².